The minimum absolute atomic E-state index is 0.0853. The van der Waals surface area contributed by atoms with Crippen LogP contribution in [0.2, 0.25) is 5.02 Å². The molecule has 29 heavy (non-hydrogen) atoms. The van der Waals surface area contributed by atoms with E-state index in [1.807, 2.05) is 6.92 Å². The maximum Gasteiger partial charge on any atom is 0.310 e. The Hall–Kier alpha value is -2.86. The van der Waals surface area contributed by atoms with Crippen molar-refractivity contribution >= 4 is 34.4 Å². The number of aromatic nitrogens is 1. The Morgan fingerprint density at radius 1 is 1.21 bits per heavy atom. The van der Waals surface area contributed by atoms with Crippen molar-refractivity contribution < 1.29 is 23.8 Å². The van der Waals surface area contributed by atoms with Crippen molar-refractivity contribution in [2.75, 3.05) is 6.61 Å². The van der Waals surface area contributed by atoms with E-state index in [0.717, 1.165) is 18.9 Å². The third-order valence-corrected chi connectivity index (χ3v) is 5.03. The fourth-order valence-corrected chi connectivity index (χ4v) is 3.35. The monoisotopic (exact) mass is 417 g/mol. The number of carbonyl (C=O) groups is 2. The predicted molar refractivity (Wildman–Crippen MR) is 109 cm³/mol. The zero-order valence-corrected chi connectivity index (χ0v) is 16.9. The van der Waals surface area contributed by atoms with Gasteiger partial charge in [0.25, 0.3) is 5.91 Å². The molecule has 0 bridgehead atoms. The standard InChI is InChI=1S/C22H21ClFNO4/c1-3-4-9-29-21(27)11-16-13(2)25(19-12-18(24)20(26)10-17(16)19)22(28)14-5-7-15(23)8-6-14/h5-8,10,12,26H,3-4,9,11H2,1-2H3. The van der Waals surface area contributed by atoms with Crippen LogP contribution in [-0.4, -0.2) is 28.2 Å². The first-order valence-corrected chi connectivity index (χ1v) is 9.69. The van der Waals surface area contributed by atoms with Crippen LogP contribution in [0, 0.1) is 12.7 Å². The molecule has 1 aromatic heterocycles. The van der Waals surface area contributed by atoms with Gasteiger partial charge in [-0.05, 0) is 49.2 Å². The van der Waals surface area contributed by atoms with Crippen LogP contribution >= 0.6 is 11.6 Å². The highest BCUT2D eigenvalue weighted by Gasteiger charge is 2.23. The summed E-state index contributed by atoms with van der Waals surface area (Å²) < 4.78 is 20.6. The number of nitrogens with zero attached hydrogens (tertiary/aromatic N) is 1. The van der Waals surface area contributed by atoms with Gasteiger partial charge in [0.05, 0.1) is 18.5 Å². The van der Waals surface area contributed by atoms with Gasteiger partial charge in [-0.1, -0.05) is 24.9 Å². The van der Waals surface area contributed by atoms with Crippen molar-refractivity contribution in [2.45, 2.75) is 33.1 Å². The SMILES string of the molecule is CCCCOC(=O)Cc1c(C)n(C(=O)c2ccc(Cl)cc2)c2cc(F)c(O)cc12. The van der Waals surface area contributed by atoms with Crippen LogP contribution in [0.5, 0.6) is 5.75 Å². The summed E-state index contributed by atoms with van der Waals surface area (Å²) in [7, 11) is 0. The van der Waals surface area contributed by atoms with Gasteiger partial charge >= 0.3 is 5.97 Å². The van der Waals surface area contributed by atoms with Gasteiger partial charge in [-0.25, -0.2) is 4.39 Å². The Bertz CT molecular complexity index is 1070. The number of rotatable bonds is 6. The molecule has 152 valence electrons. The van der Waals surface area contributed by atoms with Gasteiger partial charge in [0.15, 0.2) is 11.6 Å². The minimum atomic E-state index is -0.850. The summed E-state index contributed by atoms with van der Waals surface area (Å²) in [6.45, 7) is 3.99. The Kier molecular flexibility index (Phi) is 6.23. The number of ether oxygens (including phenoxy) is 1. The molecule has 5 nitrogen and oxygen atoms in total. The largest absolute Gasteiger partial charge is 0.505 e. The van der Waals surface area contributed by atoms with Gasteiger partial charge in [-0.15, -0.1) is 0 Å². The number of aromatic hydroxyl groups is 1. The molecule has 0 unspecified atom stereocenters. The average molecular weight is 418 g/mol. The summed E-state index contributed by atoms with van der Waals surface area (Å²) in [6, 6.07) is 8.66. The van der Waals surface area contributed by atoms with Crippen molar-refractivity contribution in [3.05, 3.63) is 64.1 Å². The second-order valence-electron chi connectivity index (χ2n) is 6.78. The molecule has 0 aliphatic rings. The molecule has 1 heterocycles. The molecule has 7 heteroatoms. The second kappa shape index (κ2) is 8.66. The molecule has 0 aliphatic heterocycles. The molecule has 2 aromatic carbocycles. The van der Waals surface area contributed by atoms with E-state index >= 15 is 0 Å². The molecular formula is C22H21ClFNO4. The van der Waals surface area contributed by atoms with Gasteiger partial charge in [-0.3, -0.25) is 14.2 Å². The number of halogens is 2. The molecule has 0 saturated heterocycles. The van der Waals surface area contributed by atoms with E-state index in [1.54, 1.807) is 31.2 Å². The molecule has 0 saturated carbocycles. The van der Waals surface area contributed by atoms with E-state index in [0.29, 0.717) is 33.8 Å². The predicted octanol–water partition coefficient (Wildman–Crippen LogP) is 5.02. The van der Waals surface area contributed by atoms with Crippen LogP contribution in [0.4, 0.5) is 4.39 Å². The highest BCUT2D eigenvalue weighted by molar-refractivity contribution is 6.30. The van der Waals surface area contributed by atoms with Crippen molar-refractivity contribution in [2.24, 2.45) is 0 Å². The third kappa shape index (κ3) is 4.27. The van der Waals surface area contributed by atoms with Crippen LogP contribution in [0.3, 0.4) is 0 Å². The van der Waals surface area contributed by atoms with Crippen LogP contribution in [0.25, 0.3) is 10.9 Å². The highest BCUT2D eigenvalue weighted by atomic mass is 35.5. The quantitative estimate of drug-likeness (QED) is 0.451. The van der Waals surface area contributed by atoms with Crippen LogP contribution < -0.4 is 0 Å². The average Bonchev–Trinajstić information content (AvgIpc) is 2.93. The second-order valence-corrected chi connectivity index (χ2v) is 7.22. The Labute approximate surface area is 172 Å². The molecule has 3 aromatic rings. The number of phenolic OH excluding ortho intramolecular Hbond substituents is 1. The fraction of sp³-hybridized carbons (Fsp3) is 0.273. The number of fused-ring (bicyclic) bond motifs is 1. The highest BCUT2D eigenvalue weighted by Crippen LogP contribution is 2.32. The summed E-state index contributed by atoms with van der Waals surface area (Å²) in [6.07, 6.45) is 1.57. The van der Waals surface area contributed by atoms with Crippen LogP contribution in [-0.2, 0) is 16.0 Å². The lowest BCUT2D eigenvalue weighted by Gasteiger charge is -2.08. The van der Waals surface area contributed by atoms with E-state index in [-0.39, 0.29) is 17.8 Å². The number of unbranched alkanes of at least 4 members (excludes halogenated alkanes) is 1. The topological polar surface area (TPSA) is 68.5 Å². The molecule has 0 amide bonds. The van der Waals surface area contributed by atoms with E-state index in [9.17, 15) is 19.1 Å². The van der Waals surface area contributed by atoms with Crippen molar-refractivity contribution in [1.82, 2.24) is 4.57 Å². The van der Waals surface area contributed by atoms with Gasteiger partial charge in [-0.2, -0.15) is 0 Å². The number of phenols is 1. The molecule has 0 fully saturated rings. The Morgan fingerprint density at radius 3 is 2.55 bits per heavy atom. The lowest BCUT2D eigenvalue weighted by molar-refractivity contribution is -0.142. The number of hydrogen-bond acceptors (Lipinski definition) is 4. The Morgan fingerprint density at radius 2 is 1.90 bits per heavy atom. The molecule has 0 aliphatic carbocycles. The maximum atomic E-state index is 14.1. The fourth-order valence-electron chi connectivity index (χ4n) is 3.22. The van der Waals surface area contributed by atoms with Crippen molar-refractivity contribution in [1.29, 1.82) is 0 Å². The maximum absolute atomic E-state index is 14.1. The summed E-state index contributed by atoms with van der Waals surface area (Å²) >= 11 is 5.89. The number of carbonyl (C=O) groups excluding carboxylic acids is 2. The van der Waals surface area contributed by atoms with Gasteiger partial charge in [0.1, 0.15) is 0 Å². The number of hydrogen-bond donors (Lipinski definition) is 1. The lowest BCUT2D eigenvalue weighted by Crippen LogP contribution is -2.15. The van der Waals surface area contributed by atoms with Gasteiger partial charge < -0.3 is 9.84 Å². The third-order valence-electron chi connectivity index (χ3n) is 4.78. The van der Waals surface area contributed by atoms with E-state index in [1.165, 1.54) is 10.6 Å². The molecule has 3 rings (SSSR count). The molecular weight excluding hydrogens is 397 g/mol. The number of benzene rings is 2. The molecule has 0 atom stereocenters. The first kappa shape index (κ1) is 20.9. The van der Waals surface area contributed by atoms with E-state index < -0.39 is 17.5 Å². The smallest absolute Gasteiger partial charge is 0.310 e. The van der Waals surface area contributed by atoms with Gasteiger partial charge in [0.2, 0.25) is 0 Å². The van der Waals surface area contributed by atoms with Crippen molar-refractivity contribution in [3.8, 4) is 5.75 Å². The Balaban J connectivity index is 2.09. The minimum Gasteiger partial charge on any atom is -0.505 e. The summed E-state index contributed by atoms with van der Waals surface area (Å²) in [5, 5.41) is 10.8. The molecule has 1 N–H and O–H groups in total. The summed E-state index contributed by atoms with van der Waals surface area (Å²) in [4.78, 5) is 25.4. The van der Waals surface area contributed by atoms with E-state index in [2.05, 4.69) is 0 Å². The summed E-state index contributed by atoms with van der Waals surface area (Å²) in [5.74, 6) is -2.23. The zero-order chi connectivity index (χ0) is 21.1. The zero-order valence-electron chi connectivity index (χ0n) is 16.2. The van der Waals surface area contributed by atoms with Crippen LogP contribution in [0.15, 0.2) is 36.4 Å². The molecule has 0 spiro atoms. The van der Waals surface area contributed by atoms with E-state index in [4.69, 9.17) is 16.3 Å². The first-order chi connectivity index (χ1) is 13.8. The van der Waals surface area contributed by atoms with Gasteiger partial charge in [0, 0.05) is 27.7 Å². The molecule has 0 radical (unpaired) electrons. The van der Waals surface area contributed by atoms with Crippen molar-refractivity contribution in [3.63, 3.8) is 0 Å². The van der Waals surface area contributed by atoms with Crippen LogP contribution in [0.1, 0.15) is 41.4 Å². The normalized spacial score (nSPS) is 11.0. The number of esters is 1. The lowest BCUT2D eigenvalue weighted by atomic mass is 10.1. The summed E-state index contributed by atoms with van der Waals surface area (Å²) in [5.41, 5.74) is 1.63. The first-order valence-electron chi connectivity index (χ1n) is 9.31.